The Morgan fingerprint density at radius 3 is 2.06 bits per heavy atom. The second-order valence-corrected chi connectivity index (χ2v) is 8.23. The number of aliphatic imine (C=N–C) groups is 1. The Kier molecular flexibility index (Phi) is 10.6. The van der Waals surface area contributed by atoms with E-state index in [4.69, 9.17) is 9.73 Å². The van der Waals surface area contributed by atoms with Crippen LogP contribution in [0.5, 0.6) is 5.75 Å². The summed E-state index contributed by atoms with van der Waals surface area (Å²) < 4.78 is 19.2. The molecule has 176 valence electrons. The van der Waals surface area contributed by atoms with Crippen LogP contribution in [-0.2, 0) is 0 Å². The zero-order chi connectivity index (χ0) is 22.9. The van der Waals surface area contributed by atoms with E-state index < -0.39 is 0 Å². The smallest absolute Gasteiger partial charge is 0.138 e. The molecule has 3 aromatic rings. The molecule has 3 aromatic carbocycles. The van der Waals surface area contributed by atoms with Gasteiger partial charge in [0, 0.05) is 29.9 Å². The molecule has 0 aliphatic carbocycles. The average Bonchev–Trinajstić information content (AvgIpc) is 2.79. The van der Waals surface area contributed by atoms with Crippen LogP contribution in [0.15, 0.2) is 83.9 Å². The third kappa shape index (κ3) is 8.30. The number of nitrogens with zero attached hydrogens (tertiary/aromatic N) is 2. The van der Waals surface area contributed by atoms with Crippen LogP contribution in [0.3, 0.4) is 0 Å². The van der Waals surface area contributed by atoms with Crippen molar-refractivity contribution in [2.75, 3.05) is 18.5 Å². The van der Waals surface area contributed by atoms with Gasteiger partial charge in [-0.15, -0.1) is 17.0 Å². The lowest BCUT2D eigenvalue weighted by atomic mass is 10.2. The molecule has 3 rings (SSSR count). The summed E-state index contributed by atoms with van der Waals surface area (Å²) >= 11 is 0. The van der Waals surface area contributed by atoms with Crippen LogP contribution < -0.4 is 10.1 Å². The van der Waals surface area contributed by atoms with Gasteiger partial charge in [0.05, 0.1) is 5.69 Å². The molecule has 0 saturated carbocycles. The minimum absolute atomic E-state index is 0. The van der Waals surface area contributed by atoms with Gasteiger partial charge in [-0.25, -0.2) is 9.38 Å². The molecule has 0 aromatic heterocycles. The van der Waals surface area contributed by atoms with Gasteiger partial charge in [0.1, 0.15) is 24.0 Å². The van der Waals surface area contributed by atoms with Gasteiger partial charge in [0.15, 0.2) is 0 Å². The Hall–Kier alpha value is -2.70. The zero-order valence-electron chi connectivity index (χ0n) is 19.7. The Balaban J connectivity index is 0.00000385. The molecule has 0 aliphatic heterocycles. The number of amidine groups is 1. The first-order valence-corrected chi connectivity index (χ1v) is 11.1. The van der Waals surface area contributed by atoms with E-state index in [2.05, 4.69) is 37.9 Å². The zero-order valence-corrected chi connectivity index (χ0v) is 21.4. The van der Waals surface area contributed by atoms with Crippen LogP contribution in [0.2, 0.25) is 0 Å². The first-order valence-electron chi connectivity index (χ1n) is 11.1. The number of nitrogens with one attached hydrogen (secondary N) is 1. The molecular formula is C27H33BrFN3O. The molecule has 1 N–H and O–H groups in total. The minimum atomic E-state index is -0.279. The summed E-state index contributed by atoms with van der Waals surface area (Å²) in [6.45, 7) is 10.4. The highest BCUT2D eigenvalue weighted by molar-refractivity contribution is 8.93. The quantitative estimate of drug-likeness (QED) is 0.245. The Bertz CT molecular complexity index is 982. The number of halogens is 2. The lowest BCUT2D eigenvalue weighted by Gasteiger charge is -2.30. The van der Waals surface area contributed by atoms with E-state index in [1.54, 1.807) is 12.1 Å². The van der Waals surface area contributed by atoms with Crippen molar-refractivity contribution < 1.29 is 9.13 Å². The van der Waals surface area contributed by atoms with Crippen LogP contribution in [-0.4, -0.2) is 36.0 Å². The number of hydrogen-bond donors (Lipinski definition) is 1. The van der Waals surface area contributed by atoms with E-state index in [9.17, 15) is 4.39 Å². The summed E-state index contributed by atoms with van der Waals surface area (Å²) in [5.41, 5.74) is 2.52. The van der Waals surface area contributed by atoms with Gasteiger partial charge in [-0.05, 0) is 76.2 Å². The van der Waals surface area contributed by atoms with Crippen molar-refractivity contribution in [3.8, 4) is 5.75 Å². The number of rotatable bonds is 9. The molecule has 0 heterocycles. The van der Waals surface area contributed by atoms with Crippen molar-refractivity contribution in [1.82, 2.24) is 4.90 Å². The van der Waals surface area contributed by atoms with E-state index in [1.807, 2.05) is 54.6 Å². The van der Waals surface area contributed by atoms with Crippen LogP contribution in [0.4, 0.5) is 15.8 Å². The maximum Gasteiger partial charge on any atom is 0.138 e. The molecule has 0 radical (unpaired) electrons. The fourth-order valence-corrected chi connectivity index (χ4v) is 3.56. The normalized spacial score (nSPS) is 11.6. The van der Waals surface area contributed by atoms with Crippen LogP contribution in [0, 0.1) is 5.82 Å². The number of anilines is 1. The second kappa shape index (κ2) is 13.1. The third-order valence-corrected chi connectivity index (χ3v) is 5.18. The van der Waals surface area contributed by atoms with Gasteiger partial charge in [0.25, 0.3) is 0 Å². The maximum absolute atomic E-state index is 13.3. The van der Waals surface area contributed by atoms with Crippen LogP contribution in [0.1, 0.15) is 33.3 Å². The molecule has 0 fully saturated rings. The van der Waals surface area contributed by atoms with Gasteiger partial charge >= 0.3 is 0 Å². The predicted octanol–water partition coefficient (Wildman–Crippen LogP) is 7.09. The number of ether oxygens (including phenoxy) is 1. The highest BCUT2D eigenvalue weighted by atomic mass is 79.9. The summed E-state index contributed by atoms with van der Waals surface area (Å²) in [7, 11) is 0. The van der Waals surface area contributed by atoms with Crippen molar-refractivity contribution in [2.24, 2.45) is 4.99 Å². The van der Waals surface area contributed by atoms with Crippen molar-refractivity contribution in [3.05, 3.63) is 90.2 Å². The van der Waals surface area contributed by atoms with Gasteiger partial charge in [-0.3, -0.25) is 4.90 Å². The fourth-order valence-electron chi connectivity index (χ4n) is 3.56. The molecular weight excluding hydrogens is 481 g/mol. The molecule has 0 aliphatic rings. The lowest BCUT2D eigenvalue weighted by Crippen LogP contribution is -2.39. The minimum Gasteiger partial charge on any atom is -0.492 e. The monoisotopic (exact) mass is 513 g/mol. The Morgan fingerprint density at radius 1 is 0.879 bits per heavy atom. The number of benzene rings is 3. The van der Waals surface area contributed by atoms with Gasteiger partial charge in [0.2, 0.25) is 0 Å². The van der Waals surface area contributed by atoms with E-state index in [1.165, 1.54) is 12.1 Å². The maximum atomic E-state index is 13.3. The first-order chi connectivity index (χ1) is 15.4. The summed E-state index contributed by atoms with van der Waals surface area (Å²) in [5.74, 6) is 1.24. The van der Waals surface area contributed by atoms with E-state index in [0.29, 0.717) is 30.2 Å². The Labute approximate surface area is 207 Å². The summed E-state index contributed by atoms with van der Waals surface area (Å²) in [4.78, 5) is 7.10. The molecule has 0 amide bonds. The summed E-state index contributed by atoms with van der Waals surface area (Å²) in [6, 6.07) is 24.8. The van der Waals surface area contributed by atoms with Crippen molar-refractivity contribution in [1.29, 1.82) is 0 Å². The van der Waals surface area contributed by atoms with Crippen molar-refractivity contribution in [2.45, 2.75) is 39.8 Å². The molecule has 0 unspecified atom stereocenters. The Morgan fingerprint density at radius 2 is 1.48 bits per heavy atom. The molecule has 4 nitrogen and oxygen atoms in total. The molecule has 0 spiro atoms. The SMILES string of the molecule is Br.CC(C)N(CCOc1ccc(NC(=Nc2ccc(F)cc2)c2ccccc2)cc1)C(C)C. The molecule has 0 bridgehead atoms. The van der Waals surface area contributed by atoms with Crippen molar-refractivity contribution >= 4 is 34.2 Å². The lowest BCUT2D eigenvalue weighted by molar-refractivity contribution is 0.142. The topological polar surface area (TPSA) is 36.9 Å². The van der Waals surface area contributed by atoms with Crippen LogP contribution in [0.25, 0.3) is 0 Å². The summed E-state index contributed by atoms with van der Waals surface area (Å²) in [5, 5.41) is 3.38. The van der Waals surface area contributed by atoms with Gasteiger partial charge < -0.3 is 10.1 Å². The molecule has 6 heteroatoms. The fraction of sp³-hybridized carbons (Fsp3) is 0.296. The number of hydrogen-bond acceptors (Lipinski definition) is 3. The average molecular weight is 514 g/mol. The highest BCUT2D eigenvalue weighted by Crippen LogP contribution is 2.20. The third-order valence-electron chi connectivity index (χ3n) is 5.18. The van der Waals surface area contributed by atoms with Gasteiger partial charge in [-0.2, -0.15) is 0 Å². The molecule has 33 heavy (non-hydrogen) atoms. The van der Waals surface area contributed by atoms with E-state index >= 15 is 0 Å². The molecule has 0 saturated heterocycles. The second-order valence-electron chi connectivity index (χ2n) is 8.23. The summed E-state index contributed by atoms with van der Waals surface area (Å²) in [6.07, 6.45) is 0. The van der Waals surface area contributed by atoms with E-state index in [0.717, 1.165) is 23.5 Å². The van der Waals surface area contributed by atoms with E-state index in [-0.39, 0.29) is 22.8 Å². The molecule has 0 atom stereocenters. The van der Waals surface area contributed by atoms with Crippen molar-refractivity contribution in [3.63, 3.8) is 0 Å². The first kappa shape index (κ1) is 26.6. The largest absolute Gasteiger partial charge is 0.492 e. The van der Waals surface area contributed by atoms with Gasteiger partial charge in [-0.1, -0.05) is 30.3 Å². The highest BCUT2D eigenvalue weighted by Gasteiger charge is 2.13. The predicted molar refractivity (Wildman–Crippen MR) is 142 cm³/mol. The van der Waals surface area contributed by atoms with Crippen LogP contribution >= 0.6 is 17.0 Å². The standard InChI is InChI=1S/C27H32FN3O.BrH/c1-20(2)31(21(3)4)18-19-32-26-16-14-25(15-17-26)30-27(22-8-6-5-7-9-22)29-24-12-10-23(28)11-13-24;/h5-17,20-21H,18-19H2,1-4H3,(H,29,30);1H.